The summed E-state index contributed by atoms with van der Waals surface area (Å²) in [5, 5.41) is 3.10. The second-order valence-corrected chi connectivity index (χ2v) is 10.5. The average Bonchev–Trinajstić information content (AvgIpc) is 2.74. The van der Waals surface area contributed by atoms with Gasteiger partial charge in [-0.05, 0) is 74.1 Å². The highest BCUT2D eigenvalue weighted by atomic mass is 32.2. The summed E-state index contributed by atoms with van der Waals surface area (Å²) in [6.07, 6.45) is 1.88. The number of benzene rings is 2. The molecule has 0 aliphatic carbocycles. The molecule has 0 radical (unpaired) electrons. The van der Waals surface area contributed by atoms with Crippen molar-refractivity contribution in [2.45, 2.75) is 38.5 Å². The second-order valence-electron chi connectivity index (χ2n) is 8.52. The van der Waals surface area contributed by atoms with Gasteiger partial charge in [0.2, 0.25) is 10.0 Å². The van der Waals surface area contributed by atoms with E-state index in [0.29, 0.717) is 35.7 Å². The Hall–Kier alpha value is -2.97. The van der Waals surface area contributed by atoms with Crippen molar-refractivity contribution < 1.29 is 17.6 Å². The van der Waals surface area contributed by atoms with E-state index >= 15 is 0 Å². The van der Waals surface area contributed by atoms with Gasteiger partial charge in [-0.25, -0.2) is 8.42 Å². The van der Waals surface area contributed by atoms with Gasteiger partial charge >= 0.3 is 0 Å². The lowest BCUT2D eigenvalue weighted by atomic mass is 10.0. The quantitative estimate of drug-likeness (QED) is 0.641. The zero-order valence-electron chi connectivity index (χ0n) is 18.3. The van der Waals surface area contributed by atoms with Crippen LogP contribution in [0, 0.1) is 19.8 Å². The monoisotopic (exact) mass is 454 g/mol. The predicted octanol–water partition coefficient (Wildman–Crippen LogP) is 4.08. The molecule has 0 unspecified atom stereocenters. The number of anilines is 1. The van der Waals surface area contributed by atoms with E-state index in [0.717, 1.165) is 24.0 Å². The first kappa shape index (κ1) is 22.2. The van der Waals surface area contributed by atoms with Crippen molar-refractivity contribution in [3.8, 4) is 0 Å². The molecule has 1 saturated heterocycles. The number of carbonyl (C=O) groups excluding carboxylic acids is 1. The Kier molecular flexibility index (Phi) is 5.92. The molecule has 1 aliphatic rings. The highest BCUT2D eigenvalue weighted by Crippen LogP contribution is 2.25. The number of hydrogen-bond donors (Lipinski definition) is 1. The van der Waals surface area contributed by atoms with Gasteiger partial charge in [-0.15, -0.1) is 0 Å². The summed E-state index contributed by atoms with van der Waals surface area (Å²) in [4.78, 5) is 25.3. The van der Waals surface area contributed by atoms with Crippen LogP contribution in [-0.2, 0) is 10.0 Å². The number of rotatable bonds is 4. The van der Waals surface area contributed by atoms with E-state index in [9.17, 15) is 18.0 Å². The molecule has 1 N–H and O–H groups in total. The molecule has 1 amide bonds. The molecule has 0 saturated carbocycles. The van der Waals surface area contributed by atoms with E-state index in [1.165, 1.54) is 34.6 Å². The first-order chi connectivity index (χ1) is 15.1. The Bertz CT molecular complexity index is 1340. The minimum absolute atomic E-state index is 0.103. The molecule has 3 aromatic rings. The van der Waals surface area contributed by atoms with E-state index in [1.54, 1.807) is 6.07 Å². The van der Waals surface area contributed by atoms with Crippen LogP contribution in [0.15, 0.2) is 56.6 Å². The molecule has 1 aliphatic heterocycles. The van der Waals surface area contributed by atoms with Crippen LogP contribution < -0.4 is 10.7 Å². The van der Waals surface area contributed by atoms with E-state index in [2.05, 4.69) is 5.32 Å². The summed E-state index contributed by atoms with van der Waals surface area (Å²) in [6.45, 7) is 6.80. The SMILES string of the molecule is Cc1cc(C)c2oc(C(=O)Nc3ccc(S(=O)(=O)N4CCC[C@@H](C)C4)cc3)cc(=O)c2c1. The van der Waals surface area contributed by atoms with Crippen molar-refractivity contribution in [1.82, 2.24) is 4.31 Å². The van der Waals surface area contributed by atoms with Gasteiger partial charge in [-0.1, -0.05) is 13.0 Å². The molecule has 8 heteroatoms. The van der Waals surface area contributed by atoms with Crippen LogP contribution in [0.2, 0.25) is 0 Å². The van der Waals surface area contributed by atoms with E-state index in [1.807, 2.05) is 26.8 Å². The smallest absolute Gasteiger partial charge is 0.291 e. The molecule has 2 heterocycles. The molecule has 0 bridgehead atoms. The Morgan fingerprint density at radius 2 is 1.84 bits per heavy atom. The lowest BCUT2D eigenvalue weighted by Crippen LogP contribution is -2.39. The summed E-state index contributed by atoms with van der Waals surface area (Å²) in [6, 6.07) is 10.8. The maximum absolute atomic E-state index is 12.9. The fourth-order valence-electron chi connectivity index (χ4n) is 4.14. The van der Waals surface area contributed by atoms with Gasteiger partial charge < -0.3 is 9.73 Å². The van der Waals surface area contributed by atoms with Crippen molar-refractivity contribution in [3.05, 3.63) is 69.6 Å². The molecule has 1 aromatic heterocycles. The molecule has 1 fully saturated rings. The van der Waals surface area contributed by atoms with Gasteiger partial charge in [0.05, 0.1) is 10.3 Å². The molecule has 0 spiro atoms. The van der Waals surface area contributed by atoms with Gasteiger partial charge in [0.1, 0.15) is 5.58 Å². The second kappa shape index (κ2) is 8.52. The summed E-state index contributed by atoms with van der Waals surface area (Å²) in [5.74, 6) is -0.348. The number of hydrogen-bond acceptors (Lipinski definition) is 5. The maximum atomic E-state index is 12.9. The fourth-order valence-corrected chi connectivity index (χ4v) is 5.74. The van der Waals surface area contributed by atoms with Crippen molar-refractivity contribution in [3.63, 3.8) is 0 Å². The summed E-state index contributed by atoms with van der Waals surface area (Å²) in [5.41, 5.74) is 2.21. The van der Waals surface area contributed by atoms with E-state index in [-0.39, 0.29) is 16.1 Å². The normalized spacial score (nSPS) is 17.4. The highest BCUT2D eigenvalue weighted by molar-refractivity contribution is 7.89. The van der Waals surface area contributed by atoms with Crippen molar-refractivity contribution in [2.75, 3.05) is 18.4 Å². The number of sulfonamides is 1. The van der Waals surface area contributed by atoms with Crippen LogP contribution in [0.3, 0.4) is 0 Å². The predicted molar refractivity (Wildman–Crippen MR) is 124 cm³/mol. The number of piperidine rings is 1. The molecule has 168 valence electrons. The van der Waals surface area contributed by atoms with Crippen LogP contribution in [0.4, 0.5) is 5.69 Å². The molecule has 7 nitrogen and oxygen atoms in total. The van der Waals surface area contributed by atoms with E-state index in [4.69, 9.17) is 4.42 Å². The van der Waals surface area contributed by atoms with Crippen LogP contribution in [0.1, 0.15) is 41.4 Å². The summed E-state index contributed by atoms with van der Waals surface area (Å²) >= 11 is 0. The topological polar surface area (TPSA) is 96.7 Å². The Balaban J connectivity index is 1.55. The van der Waals surface area contributed by atoms with Crippen molar-refractivity contribution >= 4 is 32.6 Å². The maximum Gasteiger partial charge on any atom is 0.291 e. The van der Waals surface area contributed by atoms with Crippen molar-refractivity contribution in [1.29, 1.82) is 0 Å². The number of amides is 1. The average molecular weight is 455 g/mol. The number of aryl methyl sites for hydroxylation is 2. The lowest BCUT2D eigenvalue weighted by Gasteiger charge is -2.30. The standard InChI is InChI=1S/C24H26N2O5S/c1-15-5-4-10-26(14-15)32(29,30)19-8-6-18(7-9-19)25-24(28)22-13-21(27)20-12-16(2)11-17(3)23(20)31-22/h6-9,11-13,15H,4-5,10,14H2,1-3H3,(H,25,28)/t15-/m1/s1. The molecular weight excluding hydrogens is 428 g/mol. The number of fused-ring (bicyclic) bond motifs is 1. The minimum atomic E-state index is -3.57. The summed E-state index contributed by atoms with van der Waals surface area (Å²) in [7, 11) is -3.57. The third-order valence-corrected chi connectivity index (χ3v) is 7.63. The lowest BCUT2D eigenvalue weighted by molar-refractivity contribution is 0.0997. The van der Waals surface area contributed by atoms with Gasteiger partial charge in [-0.3, -0.25) is 9.59 Å². The number of carbonyl (C=O) groups is 1. The third kappa shape index (κ3) is 4.33. The summed E-state index contributed by atoms with van der Waals surface area (Å²) < 4.78 is 33.0. The highest BCUT2D eigenvalue weighted by Gasteiger charge is 2.28. The molecule has 1 atom stereocenters. The number of nitrogens with one attached hydrogen (secondary N) is 1. The van der Waals surface area contributed by atoms with Gasteiger partial charge in [-0.2, -0.15) is 4.31 Å². The first-order valence-electron chi connectivity index (χ1n) is 10.6. The Labute approximate surface area is 187 Å². The Morgan fingerprint density at radius 3 is 2.53 bits per heavy atom. The fraction of sp³-hybridized carbons (Fsp3) is 0.333. The van der Waals surface area contributed by atoms with Gasteiger partial charge in [0, 0.05) is 24.8 Å². The minimum Gasteiger partial charge on any atom is -0.450 e. The van der Waals surface area contributed by atoms with Gasteiger partial charge in [0.25, 0.3) is 5.91 Å². The molecular formula is C24H26N2O5S. The number of nitrogens with zero attached hydrogens (tertiary/aromatic N) is 1. The molecule has 4 rings (SSSR count). The van der Waals surface area contributed by atoms with Gasteiger partial charge in [0.15, 0.2) is 11.2 Å². The Morgan fingerprint density at radius 1 is 1.12 bits per heavy atom. The third-order valence-electron chi connectivity index (χ3n) is 5.75. The zero-order chi connectivity index (χ0) is 23.0. The van der Waals surface area contributed by atoms with Crippen LogP contribution in [0.25, 0.3) is 11.0 Å². The van der Waals surface area contributed by atoms with Crippen molar-refractivity contribution in [2.24, 2.45) is 5.92 Å². The van der Waals surface area contributed by atoms with E-state index < -0.39 is 15.9 Å². The first-order valence-corrected chi connectivity index (χ1v) is 12.1. The van der Waals surface area contributed by atoms with Crippen LogP contribution >= 0.6 is 0 Å². The zero-order valence-corrected chi connectivity index (χ0v) is 19.2. The van der Waals surface area contributed by atoms with Crippen LogP contribution in [0.5, 0.6) is 0 Å². The molecule has 2 aromatic carbocycles. The largest absolute Gasteiger partial charge is 0.450 e. The molecule has 32 heavy (non-hydrogen) atoms. The van der Waals surface area contributed by atoms with Crippen LogP contribution in [-0.4, -0.2) is 31.7 Å².